The maximum Gasteiger partial charge on any atom is 0.416 e. The maximum absolute atomic E-state index is 12.5. The van der Waals surface area contributed by atoms with E-state index in [0.29, 0.717) is 13.0 Å². The van der Waals surface area contributed by atoms with Gasteiger partial charge in [0.25, 0.3) is 0 Å². The van der Waals surface area contributed by atoms with E-state index in [1.807, 2.05) is 0 Å². The SMILES string of the molecule is CC(Cc1ccc(C(F)(F)F)cc1)C(=O)NCCN1CCNCC1. The van der Waals surface area contributed by atoms with Crippen molar-refractivity contribution in [2.24, 2.45) is 5.92 Å². The van der Waals surface area contributed by atoms with Crippen molar-refractivity contribution in [3.05, 3.63) is 35.4 Å². The molecule has 1 unspecified atom stereocenters. The fourth-order valence-corrected chi connectivity index (χ4v) is 2.72. The first-order chi connectivity index (χ1) is 11.4. The average Bonchev–Trinajstić information content (AvgIpc) is 2.55. The molecule has 1 saturated heterocycles. The van der Waals surface area contributed by atoms with E-state index >= 15 is 0 Å². The summed E-state index contributed by atoms with van der Waals surface area (Å²) in [7, 11) is 0. The molecular weight excluding hydrogens is 319 g/mol. The van der Waals surface area contributed by atoms with Gasteiger partial charge in [0.1, 0.15) is 0 Å². The predicted octanol–water partition coefficient (Wildman–Crippen LogP) is 1.91. The number of nitrogens with zero attached hydrogens (tertiary/aromatic N) is 1. The molecule has 0 bridgehead atoms. The van der Waals surface area contributed by atoms with Gasteiger partial charge in [-0.2, -0.15) is 13.2 Å². The van der Waals surface area contributed by atoms with Crippen LogP contribution in [-0.4, -0.2) is 50.1 Å². The summed E-state index contributed by atoms with van der Waals surface area (Å²) in [6.45, 7) is 7.11. The third-order valence-electron chi connectivity index (χ3n) is 4.21. The van der Waals surface area contributed by atoms with Crippen molar-refractivity contribution in [3.63, 3.8) is 0 Å². The van der Waals surface area contributed by atoms with Crippen LogP contribution in [0.5, 0.6) is 0 Å². The number of amides is 1. The van der Waals surface area contributed by atoms with Crippen molar-refractivity contribution in [1.82, 2.24) is 15.5 Å². The molecule has 7 heteroatoms. The van der Waals surface area contributed by atoms with Crippen LogP contribution in [0.3, 0.4) is 0 Å². The number of hydrogen-bond donors (Lipinski definition) is 2. The van der Waals surface area contributed by atoms with Crippen LogP contribution < -0.4 is 10.6 Å². The molecule has 0 radical (unpaired) electrons. The molecule has 1 amide bonds. The number of nitrogens with one attached hydrogen (secondary N) is 2. The first kappa shape index (κ1) is 18.7. The highest BCUT2D eigenvalue weighted by Crippen LogP contribution is 2.29. The molecule has 1 aromatic carbocycles. The van der Waals surface area contributed by atoms with Gasteiger partial charge in [0, 0.05) is 45.2 Å². The Hall–Kier alpha value is -1.60. The first-order valence-corrected chi connectivity index (χ1v) is 8.23. The van der Waals surface area contributed by atoms with E-state index in [0.717, 1.165) is 50.4 Å². The largest absolute Gasteiger partial charge is 0.416 e. The Labute approximate surface area is 140 Å². The normalized spacial score (nSPS) is 17.5. The molecule has 1 aliphatic heterocycles. The van der Waals surface area contributed by atoms with Gasteiger partial charge in [-0.15, -0.1) is 0 Å². The van der Waals surface area contributed by atoms with Crippen molar-refractivity contribution in [3.8, 4) is 0 Å². The number of rotatable bonds is 6. The molecule has 1 fully saturated rings. The monoisotopic (exact) mass is 343 g/mol. The molecule has 2 N–H and O–H groups in total. The lowest BCUT2D eigenvalue weighted by Gasteiger charge is -2.27. The number of carbonyl (C=O) groups is 1. The number of piperazine rings is 1. The molecule has 1 aliphatic rings. The molecule has 0 aliphatic carbocycles. The van der Waals surface area contributed by atoms with E-state index < -0.39 is 11.7 Å². The summed E-state index contributed by atoms with van der Waals surface area (Å²) in [4.78, 5) is 14.4. The zero-order valence-corrected chi connectivity index (χ0v) is 13.8. The third-order valence-corrected chi connectivity index (χ3v) is 4.21. The van der Waals surface area contributed by atoms with Gasteiger partial charge in [-0.05, 0) is 24.1 Å². The van der Waals surface area contributed by atoms with Crippen molar-refractivity contribution in [2.75, 3.05) is 39.3 Å². The summed E-state index contributed by atoms with van der Waals surface area (Å²) in [6.07, 6.45) is -3.90. The second-order valence-electron chi connectivity index (χ2n) is 6.18. The minimum absolute atomic E-state index is 0.0648. The molecule has 0 aromatic heterocycles. The van der Waals surface area contributed by atoms with Gasteiger partial charge in [0.05, 0.1) is 5.56 Å². The fourth-order valence-electron chi connectivity index (χ4n) is 2.72. The first-order valence-electron chi connectivity index (χ1n) is 8.23. The Bertz CT molecular complexity index is 525. The molecule has 1 heterocycles. The maximum atomic E-state index is 12.5. The van der Waals surface area contributed by atoms with Crippen molar-refractivity contribution >= 4 is 5.91 Å². The summed E-state index contributed by atoms with van der Waals surface area (Å²) in [6, 6.07) is 5.00. The Kier molecular flexibility index (Phi) is 6.62. The van der Waals surface area contributed by atoms with Crippen LogP contribution in [0.25, 0.3) is 0 Å². The number of carbonyl (C=O) groups excluding carboxylic acids is 1. The summed E-state index contributed by atoms with van der Waals surface area (Å²) in [5.74, 6) is -0.338. The van der Waals surface area contributed by atoms with Crippen LogP contribution in [0.2, 0.25) is 0 Å². The van der Waals surface area contributed by atoms with Gasteiger partial charge < -0.3 is 10.6 Å². The van der Waals surface area contributed by atoms with Gasteiger partial charge in [0.15, 0.2) is 0 Å². The average molecular weight is 343 g/mol. The lowest BCUT2D eigenvalue weighted by atomic mass is 9.99. The van der Waals surface area contributed by atoms with Crippen molar-refractivity contribution in [2.45, 2.75) is 19.5 Å². The minimum Gasteiger partial charge on any atom is -0.355 e. The molecule has 1 atom stereocenters. The summed E-state index contributed by atoms with van der Waals surface area (Å²) in [5.41, 5.74) is 0.0622. The van der Waals surface area contributed by atoms with Crippen LogP contribution in [0.4, 0.5) is 13.2 Å². The molecule has 0 saturated carbocycles. The van der Waals surface area contributed by atoms with Crippen molar-refractivity contribution < 1.29 is 18.0 Å². The van der Waals surface area contributed by atoms with Crippen LogP contribution in [0.15, 0.2) is 24.3 Å². The lowest BCUT2D eigenvalue weighted by Crippen LogP contribution is -2.46. The van der Waals surface area contributed by atoms with E-state index in [4.69, 9.17) is 0 Å². The van der Waals surface area contributed by atoms with Crippen LogP contribution in [0.1, 0.15) is 18.1 Å². The molecule has 2 rings (SSSR count). The van der Waals surface area contributed by atoms with Crippen LogP contribution in [-0.2, 0) is 17.4 Å². The van der Waals surface area contributed by atoms with Gasteiger partial charge in [-0.1, -0.05) is 19.1 Å². The zero-order valence-electron chi connectivity index (χ0n) is 13.8. The molecule has 24 heavy (non-hydrogen) atoms. The Morgan fingerprint density at radius 1 is 1.25 bits per heavy atom. The third kappa shape index (κ3) is 5.79. The second kappa shape index (κ2) is 8.48. The summed E-state index contributed by atoms with van der Waals surface area (Å²) >= 11 is 0. The van der Waals surface area contributed by atoms with Crippen molar-refractivity contribution in [1.29, 1.82) is 0 Å². The lowest BCUT2D eigenvalue weighted by molar-refractivity contribution is -0.137. The van der Waals surface area contributed by atoms with Crippen LogP contribution in [0, 0.1) is 5.92 Å². The Balaban J connectivity index is 1.74. The zero-order chi connectivity index (χ0) is 17.6. The molecule has 1 aromatic rings. The number of benzene rings is 1. The highest BCUT2D eigenvalue weighted by atomic mass is 19.4. The van der Waals surface area contributed by atoms with E-state index in [2.05, 4.69) is 15.5 Å². The van der Waals surface area contributed by atoms with Crippen LogP contribution >= 0.6 is 0 Å². The minimum atomic E-state index is -4.33. The topological polar surface area (TPSA) is 44.4 Å². The van der Waals surface area contributed by atoms with Gasteiger partial charge in [-0.25, -0.2) is 0 Å². The summed E-state index contributed by atoms with van der Waals surface area (Å²) < 4.78 is 37.6. The van der Waals surface area contributed by atoms with E-state index in [-0.39, 0.29) is 11.8 Å². The van der Waals surface area contributed by atoms with E-state index in [1.165, 1.54) is 12.1 Å². The molecular formula is C17H24F3N3O. The number of halogens is 3. The second-order valence-corrected chi connectivity index (χ2v) is 6.18. The quantitative estimate of drug-likeness (QED) is 0.829. The van der Waals surface area contributed by atoms with Gasteiger partial charge in [0.2, 0.25) is 5.91 Å². The standard InChI is InChI=1S/C17H24F3N3O/c1-13(12-14-2-4-15(5-3-14)17(18,19)20)16(24)22-8-11-23-9-6-21-7-10-23/h2-5,13,21H,6-12H2,1H3,(H,22,24). The predicted molar refractivity (Wildman–Crippen MR) is 86.6 cm³/mol. The fraction of sp³-hybridized carbons (Fsp3) is 0.588. The van der Waals surface area contributed by atoms with E-state index in [9.17, 15) is 18.0 Å². The Morgan fingerprint density at radius 3 is 2.46 bits per heavy atom. The highest BCUT2D eigenvalue weighted by molar-refractivity contribution is 5.78. The van der Waals surface area contributed by atoms with E-state index in [1.54, 1.807) is 6.92 Å². The smallest absolute Gasteiger partial charge is 0.355 e. The van der Waals surface area contributed by atoms with Gasteiger partial charge >= 0.3 is 6.18 Å². The molecule has 134 valence electrons. The molecule has 4 nitrogen and oxygen atoms in total. The number of hydrogen-bond acceptors (Lipinski definition) is 3. The highest BCUT2D eigenvalue weighted by Gasteiger charge is 2.30. The Morgan fingerprint density at radius 2 is 1.88 bits per heavy atom. The summed E-state index contributed by atoms with van der Waals surface area (Å²) in [5, 5.41) is 6.18. The molecule has 0 spiro atoms. The van der Waals surface area contributed by atoms with Gasteiger partial charge in [-0.3, -0.25) is 9.69 Å². The number of alkyl halides is 3.